The highest BCUT2D eigenvalue weighted by Gasteiger charge is 2.09. The van der Waals surface area contributed by atoms with Crippen molar-refractivity contribution in [2.45, 2.75) is 12.8 Å². The Kier molecular flexibility index (Phi) is 2.72. The zero-order valence-electron chi connectivity index (χ0n) is 9.00. The van der Waals surface area contributed by atoms with Crippen LogP contribution >= 0.6 is 11.6 Å². The van der Waals surface area contributed by atoms with Gasteiger partial charge in [-0.25, -0.2) is 0 Å². The number of fused-ring (bicyclic) bond motifs is 1. The predicted molar refractivity (Wildman–Crippen MR) is 65.4 cm³/mol. The van der Waals surface area contributed by atoms with E-state index in [-0.39, 0.29) is 0 Å². The summed E-state index contributed by atoms with van der Waals surface area (Å²) in [6.45, 7) is 2.76. The second-order valence-corrected chi connectivity index (χ2v) is 4.41. The highest BCUT2D eigenvalue weighted by molar-refractivity contribution is 6.35. The van der Waals surface area contributed by atoms with Crippen LogP contribution in [-0.4, -0.2) is 11.1 Å². The van der Waals surface area contributed by atoms with Crippen molar-refractivity contribution in [3.63, 3.8) is 0 Å². The summed E-state index contributed by atoms with van der Waals surface area (Å²) >= 11 is 6.25. The zero-order chi connectivity index (χ0) is 11.0. The van der Waals surface area contributed by atoms with E-state index in [1.165, 1.54) is 10.9 Å². The van der Waals surface area contributed by atoms with Gasteiger partial charge in [-0.15, -0.1) is 0 Å². The summed E-state index contributed by atoms with van der Waals surface area (Å²) in [5, 5.41) is 1.98. The molecule has 0 amide bonds. The monoisotopic (exact) mass is 222 g/mol. The third-order valence-electron chi connectivity index (χ3n) is 2.87. The minimum Gasteiger partial charge on any atom is -0.349 e. The second-order valence-electron chi connectivity index (χ2n) is 4.00. The van der Waals surface area contributed by atoms with Crippen molar-refractivity contribution in [3.05, 3.63) is 35.0 Å². The Morgan fingerprint density at radius 1 is 1.47 bits per heavy atom. The van der Waals surface area contributed by atoms with Gasteiger partial charge in [0.2, 0.25) is 0 Å². The van der Waals surface area contributed by atoms with Crippen LogP contribution in [0.2, 0.25) is 5.02 Å². The molecule has 1 heterocycles. The van der Waals surface area contributed by atoms with E-state index in [0.717, 1.165) is 10.5 Å². The van der Waals surface area contributed by atoms with Gasteiger partial charge in [0, 0.05) is 18.6 Å². The average Bonchev–Trinajstić information content (AvgIpc) is 2.59. The van der Waals surface area contributed by atoms with Crippen LogP contribution in [0, 0.1) is 0 Å². The molecule has 0 spiro atoms. The number of nitrogens with zero attached hydrogens (tertiary/aromatic N) is 1. The largest absolute Gasteiger partial charge is 0.349 e. The van der Waals surface area contributed by atoms with Gasteiger partial charge < -0.3 is 10.3 Å². The Morgan fingerprint density at radius 2 is 2.20 bits per heavy atom. The number of halogens is 1. The SMILES string of the molecule is CC(CN)c1cc(Cl)c2c(ccn2C)c1. The molecule has 1 unspecified atom stereocenters. The molecule has 15 heavy (non-hydrogen) atoms. The zero-order valence-corrected chi connectivity index (χ0v) is 9.75. The predicted octanol–water partition coefficient (Wildman–Crippen LogP) is 2.89. The number of aryl methyl sites for hydroxylation is 1. The minimum atomic E-state index is 0.354. The molecule has 1 atom stereocenters. The lowest BCUT2D eigenvalue weighted by molar-refractivity contribution is 0.775. The van der Waals surface area contributed by atoms with Gasteiger partial charge in [0.25, 0.3) is 0 Å². The van der Waals surface area contributed by atoms with Gasteiger partial charge >= 0.3 is 0 Å². The Labute approximate surface area is 94.6 Å². The molecule has 0 fully saturated rings. The maximum Gasteiger partial charge on any atom is 0.0667 e. The Bertz CT molecular complexity index is 488. The third-order valence-corrected chi connectivity index (χ3v) is 3.16. The molecule has 0 saturated heterocycles. The molecule has 2 rings (SSSR count). The maximum absolute atomic E-state index is 6.25. The highest BCUT2D eigenvalue weighted by Crippen LogP contribution is 2.28. The first-order valence-electron chi connectivity index (χ1n) is 5.08. The number of aromatic nitrogens is 1. The smallest absolute Gasteiger partial charge is 0.0667 e. The van der Waals surface area contributed by atoms with Crippen LogP contribution in [0.15, 0.2) is 24.4 Å². The second kappa shape index (κ2) is 3.87. The third kappa shape index (κ3) is 1.75. The summed E-state index contributed by atoms with van der Waals surface area (Å²) in [5.74, 6) is 0.354. The fraction of sp³-hybridized carbons (Fsp3) is 0.333. The fourth-order valence-electron chi connectivity index (χ4n) is 1.83. The quantitative estimate of drug-likeness (QED) is 0.833. The molecule has 0 aliphatic rings. The average molecular weight is 223 g/mol. The van der Waals surface area contributed by atoms with Gasteiger partial charge in [-0.05, 0) is 36.2 Å². The molecular formula is C12H15ClN2. The number of nitrogens with two attached hydrogens (primary N) is 1. The Morgan fingerprint density at radius 3 is 2.87 bits per heavy atom. The molecule has 80 valence electrons. The summed E-state index contributed by atoms with van der Waals surface area (Å²) in [5.41, 5.74) is 7.95. The van der Waals surface area contributed by atoms with Gasteiger partial charge in [0.15, 0.2) is 0 Å². The van der Waals surface area contributed by atoms with Gasteiger partial charge in [-0.3, -0.25) is 0 Å². The topological polar surface area (TPSA) is 30.9 Å². The molecule has 0 aliphatic heterocycles. The Balaban J connectivity index is 2.63. The normalized spacial score (nSPS) is 13.3. The van der Waals surface area contributed by atoms with Crippen LogP contribution < -0.4 is 5.73 Å². The highest BCUT2D eigenvalue weighted by atomic mass is 35.5. The van der Waals surface area contributed by atoms with Crippen molar-refractivity contribution in [2.75, 3.05) is 6.54 Å². The maximum atomic E-state index is 6.25. The molecule has 0 radical (unpaired) electrons. The van der Waals surface area contributed by atoms with Crippen molar-refractivity contribution in [1.82, 2.24) is 4.57 Å². The lowest BCUT2D eigenvalue weighted by Crippen LogP contribution is -2.08. The van der Waals surface area contributed by atoms with E-state index in [9.17, 15) is 0 Å². The van der Waals surface area contributed by atoms with Gasteiger partial charge in [-0.1, -0.05) is 18.5 Å². The van der Waals surface area contributed by atoms with Crippen LogP contribution in [0.25, 0.3) is 10.9 Å². The van der Waals surface area contributed by atoms with E-state index in [1.54, 1.807) is 0 Å². The standard InChI is InChI=1S/C12H15ClN2/c1-8(7-14)10-5-9-3-4-15(2)12(9)11(13)6-10/h3-6,8H,7,14H2,1-2H3. The lowest BCUT2D eigenvalue weighted by atomic mass is 10.00. The molecule has 0 aliphatic carbocycles. The van der Waals surface area contributed by atoms with E-state index in [4.69, 9.17) is 17.3 Å². The van der Waals surface area contributed by atoms with Crippen LogP contribution in [0.3, 0.4) is 0 Å². The van der Waals surface area contributed by atoms with Crippen LogP contribution in [-0.2, 0) is 7.05 Å². The lowest BCUT2D eigenvalue weighted by Gasteiger charge is -2.10. The molecule has 0 saturated carbocycles. The first kappa shape index (κ1) is 10.5. The minimum absolute atomic E-state index is 0.354. The van der Waals surface area contributed by atoms with E-state index in [0.29, 0.717) is 12.5 Å². The van der Waals surface area contributed by atoms with E-state index in [2.05, 4.69) is 19.1 Å². The van der Waals surface area contributed by atoms with Crippen LogP contribution in [0.4, 0.5) is 0 Å². The Hall–Kier alpha value is -0.990. The van der Waals surface area contributed by atoms with Crippen LogP contribution in [0.1, 0.15) is 18.4 Å². The first-order chi connectivity index (χ1) is 7.13. The number of hydrogen-bond acceptors (Lipinski definition) is 1. The van der Waals surface area contributed by atoms with Gasteiger partial charge in [0.05, 0.1) is 10.5 Å². The van der Waals surface area contributed by atoms with Crippen molar-refractivity contribution in [2.24, 2.45) is 12.8 Å². The molecule has 2 aromatic rings. The van der Waals surface area contributed by atoms with Gasteiger partial charge in [0.1, 0.15) is 0 Å². The summed E-state index contributed by atoms with van der Waals surface area (Å²) in [7, 11) is 2.00. The first-order valence-corrected chi connectivity index (χ1v) is 5.46. The molecule has 1 aromatic heterocycles. The molecule has 3 heteroatoms. The van der Waals surface area contributed by atoms with Gasteiger partial charge in [-0.2, -0.15) is 0 Å². The van der Waals surface area contributed by atoms with Crippen molar-refractivity contribution in [1.29, 1.82) is 0 Å². The van der Waals surface area contributed by atoms with Crippen molar-refractivity contribution in [3.8, 4) is 0 Å². The number of hydrogen-bond donors (Lipinski definition) is 1. The summed E-state index contributed by atoms with van der Waals surface area (Å²) in [6, 6.07) is 6.26. The van der Waals surface area contributed by atoms with E-state index in [1.807, 2.05) is 23.9 Å². The van der Waals surface area contributed by atoms with Crippen molar-refractivity contribution < 1.29 is 0 Å². The summed E-state index contributed by atoms with van der Waals surface area (Å²) in [6.07, 6.45) is 2.02. The molecule has 0 bridgehead atoms. The van der Waals surface area contributed by atoms with E-state index >= 15 is 0 Å². The molecule has 2 N–H and O–H groups in total. The van der Waals surface area contributed by atoms with E-state index < -0.39 is 0 Å². The van der Waals surface area contributed by atoms with Crippen molar-refractivity contribution >= 4 is 22.5 Å². The summed E-state index contributed by atoms with van der Waals surface area (Å²) in [4.78, 5) is 0. The van der Waals surface area contributed by atoms with Crippen LogP contribution in [0.5, 0.6) is 0 Å². The molecule has 1 aromatic carbocycles. The molecular weight excluding hydrogens is 208 g/mol. The summed E-state index contributed by atoms with van der Waals surface area (Å²) < 4.78 is 2.04. The number of rotatable bonds is 2. The number of benzene rings is 1. The molecule has 2 nitrogen and oxygen atoms in total. The fourth-order valence-corrected chi connectivity index (χ4v) is 2.20.